The Morgan fingerprint density at radius 2 is 1.74 bits per heavy atom. The van der Waals surface area contributed by atoms with Gasteiger partial charge in [-0.2, -0.15) is 0 Å². The molecule has 6 nitrogen and oxygen atoms in total. The summed E-state index contributed by atoms with van der Waals surface area (Å²) in [6.07, 6.45) is -0.0297. The minimum atomic E-state index is -1.35. The van der Waals surface area contributed by atoms with E-state index in [1.165, 1.54) is 4.90 Å². The molecule has 1 saturated heterocycles. The number of nitrogens with zero attached hydrogens (tertiary/aromatic N) is 1. The summed E-state index contributed by atoms with van der Waals surface area (Å²) in [7, 11) is 1.62. The number of carboxylic acids is 1. The van der Waals surface area contributed by atoms with Crippen molar-refractivity contribution in [3.63, 3.8) is 0 Å². The number of benzene rings is 3. The van der Waals surface area contributed by atoms with Crippen molar-refractivity contribution in [1.82, 2.24) is 4.90 Å². The number of carbonyl (C=O) groups is 2. The number of hydrogen-bond donors (Lipinski definition) is 1. The second-order valence-corrected chi connectivity index (χ2v) is 10.3. The van der Waals surface area contributed by atoms with Crippen LogP contribution in [0.3, 0.4) is 0 Å². The lowest BCUT2D eigenvalue weighted by atomic mass is 9.67. The average molecular weight is 490 g/mol. The van der Waals surface area contributed by atoms with Crippen LogP contribution in [0, 0.1) is 0 Å². The Balaban J connectivity index is 1.50. The van der Waals surface area contributed by atoms with Crippen molar-refractivity contribution in [2.75, 3.05) is 19.4 Å². The number of thioether (sulfide) groups is 1. The highest BCUT2D eigenvalue weighted by atomic mass is 32.2. The van der Waals surface area contributed by atoms with Gasteiger partial charge in [-0.3, -0.25) is 4.90 Å². The first kappa shape index (κ1) is 23.3. The number of rotatable bonds is 7. The Morgan fingerprint density at radius 3 is 2.43 bits per heavy atom. The van der Waals surface area contributed by atoms with E-state index in [1.807, 2.05) is 78.9 Å². The highest BCUT2D eigenvalue weighted by molar-refractivity contribution is 7.99. The maximum Gasteiger partial charge on any atom is 0.411 e. The van der Waals surface area contributed by atoms with Crippen LogP contribution < -0.4 is 4.74 Å². The van der Waals surface area contributed by atoms with E-state index in [9.17, 15) is 14.7 Å². The van der Waals surface area contributed by atoms with Crippen molar-refractivity contribution < 1.29 is 24.2 Å². The molecule has 0 unspecified atom stereocenters. The van der Waals surface area contributed by atoms with E-state index in [0.717, 1.165) is 27.3 Å². The summed E-state index contributed by atoms with van der Waals surface area (Å²) in [5.74, 6) is 0.359. The highest BCUT2D eigenvalue weighted by Gasteiger charge is 2.63. The van der Waals surface area contributed by atoms with E-state index in [-0.39, 0.29) is 19.6 Å². The van der Waals surface area contributed by atoms with Crippen molar-refractivity contribution in [2.45, 2.75) is 35.3 Å². The number of carbonyl (C=O) groups excluding carboxylic acids is 1. The monoisotopic (exact) mass is 489 g/mol. The smallest absolute Gasteiger partial charge is 0.411 e. The largest absolute Gasteiger partial charge is 0.497 e. The van der Waals surface area contributed by atoms with Gasteiger partial charge < -0.3 is 14.6 Å². The van der Waals surface area contributed by atoms with Gasteiger partial charge in [0.05, 0.1) is 7.11 Å². The summed E-state index contributed by atoms with van der Waals surface area (Å²) in [6, 6.07) is 25.2. The molecule has 0 spiro atoms. The quantitative estimate of drug-likeness (QED) is 0.463. The van der Waals surface area contributed by atoms with E-state index < -0.39 is 23.0 Å². The Labute approximate surface area is 208 Å². The molecular weight excluding hydrogens is 462 g/mol. The fraction of sp³-hybridized carbons (Fsp3) is 0.286. The summed E-state index contributed by atoms with van der Waals surface area (Å²) < 4.78 is 11.1. The molecule has 0 aromatic heterocycles. The van der Waals surface area contributed by atoms with Gasteiger partial charge in [-0.05, 0) is 47.4 Å². The zero-order chi connectivity index (χ0) is 24.5. The Morgan fingerprint density at radius 1 is 1.03 bits per heavy atom. The molecule has 1 fully saturated rings. The molecule has 0 radical (unpaired) electrons. The van der Waals surface area contributed by atoms with Gasteiger partial charge in [-0.1, -0.05) is 54.6 Å². The van der Waals surface area contributed by atoms with Crippen LogP contribution in [0.1, 0.15) is 23.1 Å². The van der Waals surface area contributed by atoms with E-state index >= 15 is 0 Å². The van der Waals surface area contributed by atoms with Crippen LogP contribution in [-0.2, 0) is 28.0 Å². The molecule has 3 aromatic rings. The summed E-state index contributed by atoms with van der Waals surface area (Å²) in [5.41, 5.74) is 0.941. The van der Waals surface area contributed by atoms with Gasteiger partial charge in [0, 0.05) is 29.0 Å². The molecule has 1 heterocycles. The minimum Gasteiger partial charge on any atom is -0.497 e. The first-order valence-electron chi connectivity index (χ1n) is 11.5. The van der Waals surface area contributed by atoms with Crippen LogP contribution in [-0.4, -0.2) is 47.0 Å². The fourth-order valence-electron chi connectivity index (χ4n) is 5.36. The van der Waals surface area contributed by atoms with Crippen molar-refractivity contribution in [2.24, 2.45) is 0 Å². The lowest BCUT2D eigenvalue weighted by molar-refractivity contribution is -0.149. The molecule has 5 rings (SSSR count). The Bertz CT molecular complexity index is 1230. The molecule has 1 amide bonds. The predicted octanol–water partition coefficient (Wildman–Crippen LogP) is 5.15. The molecule has 35 heavy (non-hydrogen) atoms. The van der Waals surface area contributed by atoms with Crippen LogP contribution in [0.15, 0.2) is 83.8 Å². The van der Waals surface area contributed by atoms with E-state index in [0.29, 0.717) is 12.2 Å². The Hall–Kier alpha value is -3.45. The van der Waals surface area contributed by atoms with Crippen LogP contribution in [0.5, 0.6) is 5.75 Å². The molecule has 2 bridgehead atoms. The van der Waals surface area contributed by atoms with Crippen LogP contribution in [0.25, 0.3) is 0 Å². The zero-order valence-electron chi connectivity index (χ0n) is 19.5. The molecular formula is C28H27NO5S. The predicted molar refractivity (Wildman–Crippen MR) is 134 cm³/mol. The third-order valence-corrected chi connectivity index (χ3v) is 8.36. The first-order chi connectivity index (χ1) is 17.0. The lowest BCUT2D eigenvalue weighted by Crippen LogP contribution is -2.55. The van der Waals surface area contributed by atoms with E-state index in [1.54, 1.807) is 18.9 Å². The number of carboxylic acid groups (broad SMARTS) is 1. The molecule has 1 aliphatic carbocycles. The molecule has 0 saturated carbocycles. The van der Waals surface area contributed by atoms with Crippen molar-refractivity contribution in [1.29, 1.82) is 0 Å². The number of hydrogen-bond acceptors (Lipinski definition) is 5. The average Bonchev–Trinajstić information content (AvgIpc) is 3.18. The number of ether oxygens (including phenoxy) is 2. The van der Waals surface area contributed by atoms with Gasteiger partial charge in [0.15, 0.2) is 0 Å². The summed E-state index contributed by atoms with van der Waals surface area (Å²) in [6.45, 7) is 0.366. The summed E-state index contributed by atoms with van der Waals surface area (Å²) >= 11 is 1.68. The van der Waals surface area contributed by atoms with Crippen molar-refractivity contribution in [3.05, 3.63) is 95.6 Å². The van der Waals surface area contributed by atoms with Gasteiger partial charge in [-0.15, -0.1) is 11.8 Å². The maximum atomic E-state index is 13.4. The maximum absolute atomic E-state index is 13.4. The molecule has 1 aliphatic heterocycles. The number of likely N-dealkylation sites (tertiary alicyclic amines) is 1. The summed E-state index contributed by atoms with van der Waals surface area (Å²) in [5, 5.41) is 10.5. The number of amides is 1. The molecule has 2 atom stereocenters. The number of fused-ring (bicyclic) bond motifs is 4. The van der Waals surface area contributed by atoms with E-state index in [2.05, 4.69) is 0 Å². The van der Waals surface area contributed by atoms with Crippen LogP contribution in [0.4, 0.5) is 4.79 Å². The van der Waals surface area contributed by atoms with Crippen molar-refractivity contribution >= 4 is 23.8 Å². The zero-order valence-corrected chi connectivity index (χ0v) is 20.3. The lowest BCUT2D eigenvalue weighted by Gasteiger charge is -2.38. The van der Waals surface area contributed by atoms with E-state index in [4.69, 9.17) is 9.47 Å². The third kappa shape index (κ3) is 4.25. The van der Waals surface area contributed by atoms with Crippen molar-refractivity contribution in [3.8, 4) is 5.75 Å². The highest BCUT2D eigenvalue weighted by Crippen LogP contribution is 2.54. The van der Waals surface area contributed by atoms with Gasteiger partial charge in [0.25, 0.3) is 0 Å². The fourth-order valence-corrected chi connectivity index (χ4v) is 6.51. The van der Waals surface area contributed by atoms with Gasteiger partial charge in [0.2, 0.25) is 0 Å². The SMILES string of the molecule is COc1ccc2c(c1)[C@]1(CSc3ccccc3)CN(C(=O)OCc3ccccc3)[C@](C(=O)O)(C2)C1. The first-order valence-corrected chi connectivity index (χ1v) is 12.5. The molecule has 2 aliphatic rings. The molecule has 3 aromatic carbocycles. The number of methoxy groups -OCH3 is 1. The summed E-state index contributed by atoms with van der Waals surface area (Å²) in [4.78, 5) is 28.7. The minimum absolute atomic E-state index is 0.0956. The standard InChI is InChI=1S/C28H27NO5S/c1-33-22-13-12-21-15-28(25(30)31)17-27(24(21)14-22,19-35-23-10-6-3-7-11-23)18-29(28)26(32)34-16-20-8-4-2-5-9-20/h2-14H,15-19H2,1H3,(H,30,31)/t27-,28+/m0/s1. The second kappa shape index (κ2) is 9.30. The number of aliphatic carboxylic acids is 1. The topological polar surface area (TPSA) is 76.1 Å². The molecule has 1 N–H and O–H groups in total. The van der Waals surface area contributed by atoms with Gasteiger partial charge in [-0.25, -0.2) is 9.59 Å². The van der Waals surface area contributed by atoms with Gasteiger partial charge in [0.1, 0.15) is 17.9 Å². The van der Waals surface area contributed by atoms with Gasteiger partial charge >= 0.3 is 12.1 Å². The Kier molecular flexibility index (Phi) is 6.19. The second-order valence-electron chi connectivity index (χ2n) is 9.22. The molecule has 7 heteroatoms. The molecule has 180 valence electrons. The van der Waals surface area contributed by atoms with Crippen LogP contribution >= 0.6 is 11.8 Å². The third-order valence-electron chi connectivity index (χ3n) is 7.06. The van der Waals surface area contributed by atoms with Crippen LogP contribution in [0.2, 0.25) is 0 Å². The normalized spacial score (nSPS) is 22.4.